The molecule has 0 spiro atoms. The van der Waals surface area contributed by atoms with Gasteiger partial charge in [-0.1, -0.05) is 36.8 Å². The van der Waals surface area contributed by atoms with Crippen LogP contribution in [0.5, 0.6) is 0 Å². The van der Waals surface area contributed by atoms with Crippen LogP contribution in [0.1, 0.15) is 40.9 Å². The number of sulfonamides is 1. The first-order valence-corrected chi connectivity index (χ1v) is 9.37. The maximum absolute atomic E-state index is 14.0. The van der Waals surface area contributed by atoms with Crippen LogP contribution in [0.3, 0.4) is 0 Å². The van der Waals surface area contributed by atoms with Gasteiger partial charge in [-0.3, -0.25) is 4.79 Å². The van der Waals surface area contributed by atoms with E-state index >= 15 is 0 Å². The quantitative estimate of drug-likeness (QED) is 0.828. The molecule has 0 bridgehead atoms. The Kier molecular flexibility index (Phi) is 5.92. The van der Waals surface area contributed by atoms with Crippen LogP contribution in [-0.2, 0) is 10.0 Å². The van der Waals surface area contributed by atoms with Crippen molar-refractivity contribution in [3.63, 3.8) is 0 Å². The van der Waals surface area contributed by atoms with E-state index in [0.717, 1.165) is 29.3 Å². The van der Waals surface area contributed by atoms with Gasteiger partial charge in [-0.25, -0.2) is 17.5 Å². The summed E-state index contributed by atoms with van der Waals surface area (Å²) in [5, 5.41) is 2.76. The third-order valence-corrected chi connectivity index (χ3v) is 5.37. The minimum atomic E-state index is -3.76. The molecule has 134 valence electrons. The lowest BCUT2D eigenvalue weighted by molar-refractivity contribution is 0.0931. The Morgan fingerprint density at radius 2 is 1.80 bits per heavy atom. The first-order chi connectivity index (χ1) is 11.8. The Hall–Kier alpha value is -2.25. The monoisotopic (exact) mass is 364 g/mol. The Morgan fingerprint density at radius 3 is 2.36 bits per heavy atom. The van der Waals surface area contributed by atoms with Gasteiger partial charge in [0.05, 0.1) is 16.5 Å². The summed E-state index contributed by atoms with van der Waals surface area (Å²) < 4.78 is 39.9. The van der Waals surface area contributed by atoms with Crippen molar-refractivity contribution in [3.05, 3.63) is 65.0 Å². The molecule has 2 aromatic carbocycles. The van der Waals surface area contributed by atoms with E-state index in [2.05, 4.69) is 10.0 Å². The van der Waals surface area contributed by atoms with Crippen LogP contribution in [0.25, 0.3) is 0 Å². The number of carbonyl (C=O) groups excluding carboxylic acids is 1. The smallest absolute Gasteiger partial charge is 0.254 e. The molecule has 2 rings (SSSR count). The summed E-state index contributed by atoms with van der Waals surface area (Å²) in [4.78, 5) is 12.3. The van der Waals surface area contributed by atoms with Crippen molar-refractivity contribution < 1.29 is 17.6 Å². The molecular weight excluding hydrogens is 343 g/mol. The fraction of sp³-hybridized carbons (Fsp3) is 0.278. The van der Waals surface area contributed by atoms with E-state index in [1.54, 1.807) is 0 Å². The average molecular weight is 364 g/mol. The van der Waals surface area contributed by atoms with E-state index in [1.807, 2.05) is 38.1 Å². The summed E-state index contributed by atoms with van der Waals surface area (Å²) in [6.07, 6.45) is 0.616. The van der Waals surface area contributed by atoms with Gasteiger partial charge in [0, 0.05) is 0 Å². The van der Waals surface area contributed by atoms with Crippen molar-refractivity contribution in [2.75, 3.05) is 7.05 Å². The molecule has 2 N–H and O–H groups in total. The number of halogens is 1. The minimum absolute atomic E-state index is 0.162. The van der Waals surface area contributed by atoms with Crippen LogP contribution in [0.15, 0.2) is 47.4 Å². The largest absolute Gasteiger partial charge is 0.345 e. The third-order valence-electron chi connectivity index (χ3n) is 3.95. The Morgan fingerprint density at radius 1 is 1.16 bits per heavy atom. The standard InChI is InChI=1S/C18H21FN2O3S/c1-4-17(13-7-5-12(2)6-8-13)21-18(22)15-11-14(9-10-16(15)19)25(23,24)20-3/h5-11,17,20H,4H2,1-3H3,(H,21,22). The van der Waals surface area contributed by atoms with Crippen molar-refractivity contribution in [3.8, 4) is 0 Å². The highest BCUT2D eigenvalue weighted by Gasteiger charge is 2.20. The molecule has 2 aromatic rings. The van der Waals surface area contributed by atoms with Crippen LogP contribution in [0.2, 0.25) is 0 Å². The maximum atomic E-state index is 14.0. The highest BCUT2D eigenvalue weighted by atomic mass is 32.2. The zero-order valence-electron chi connectivity index (χ0n) is 14.3. The fourth-order valence-corrected chi connectivity index (χ4v) is 3.18. The molecule has 7 heteroatoms. The molecule has 0 fully saturated rings. The van der Waals surface area contributed by atoms with Crippen LogP contribution >= 0.6 is 0 Å². The van der Waals surface area contributed by atoms with Crippen LogP contribution in [0, 0.1) is 12.7 Å². The number of rotatable bonds is 6. The molecule has 0 aliphatic rings. The normalized spacial score (nSPS) is 12.6. The van der Waals surface area contributed by atoms with Gasteiger partial charge in [-0.2, -0.15) is 0 Å². The molecule has 1 amide bonds. The first-order valence-electron chi connectivity index (χ1n) is 7.89. The molecule has 25 heavy (non-hydrogen) atoms. The van der Waals surface area contributed by atoms with E-state index < -0.39 is 21.7 Å². The predicted octanol–water partition coefficient (Wildman–Crippen LogP) is 2.92. The predicted molar refractivity (Wildman–Crippen MR) is 94.3 cm³/mol. The van der Waals surface area contributed by atoms with Gasteiger partial charge in [0.2, 0.25) is 10.0 Å². The number of amides is 1. The summed E-state index contributed by atoms with van der Waals surface area (Å²) in [6, 6.07) is 10.5. The van der Waals surface area contributed by atoms with E-state index in [1.165, 1.54) is 7.05 Å². The maximum Gasteiger partial charge on any atom is 0.254 e. The molecule has 0 radical (unpaired) electrons. The second-order valence-electron chi connectivity index (χ2n) is 5.69. The van der Waals surface area contributed by atoms with E-state index in [0.29, 0.717) is 6.42 Å². The van der Waals surface area contributed by atoms with Gasteiger partial charge >= 0.3 is 0 Å². The lowest BCUT2D eigenvalue weighted by Gasteiger charge is -2.18. The molecule has 0 saturated heterocycles. The van der Waals surface area contributed by atoms with E-state index in [9.17, 15) is 17.6 Å². The molecule has 0 saturated carbocycles. The number of hydrogen-bond donors (Lipinski definition) is 2. The number of hydrogen-bond acceptors (Lipinski definition) is 3. The van der Waals surface area contributed by atoms with E-state index in [4.69, 9.17) is 0 Å². The third kappa shape index (κ3) is 4.43. The van der Waals surface area contributed by atoms with E-state index in [-0.39, 0.29) is 16.5 Å². The molecule has 0 aromatic heterocycles. The topological polar surface area (TPSA) is 75.3 Å². The van der Waals surface area contributed by atoms with Crippen LogP contribution < -0.4 is 10.0 Å². The first kappa shape index (κ1) is 19.1. The molecule has 0 aliphatic heterocycles. The zero-order chi connectivity index (χ0) is 18.6. The van der Waals surface area contributed by atoms with Gasteiger partial charge in [-0.15, -0.1) is 0 Å². The van der Waals surface area contributed by atoms with Crippen LogP contribution in [-0.4, -0.2) is 21.4 Å². The van der Waals surface area contributed by atoms with Gasteiger partial charge in [-0.05, 0) is 44.2 Å². The fourth-order valence-electron chi connectivity index (χ4n) is 2.42. The second-order valence-corrected chi connectivity index (χ2v) is 7.58. The van der Waals surface area contributed by atoms with Crippen LogP contribution in [0.4, 0.5) is 4.39 Å². The van der Waals surface area contributed by atoms with Gasteiger partial charge in [0.15, 0.2) is 0 Å². The highest BCUT2D eigenvalue weighted by Crippen LogP contribution is 2.20. The Balaban J connectivity index is 2.30. The van der Waals surface area contributed by atoms with Gasteiger partial charge in [0.25, 0.3) is 5.91 Å². The minimum Gasteiger partial charge on any atom is -0.345 e. The van der Waals surface area contributed by atoms with Crippen molar-refractivity contribution in [2.24, 2.45) is 0 Å². The van der Waals surface area contributed by atoms with Crippen molar-refractivity contribution >= 4 is 15.9 Å². The molecule has 1 atom stereocenters. The molecule has 1 unspecified atom stereocenters. The summed E-state index contributed by atoms with van der Waals surface area (Å²) in [6.45, 7) is 3.87. The SMILES string of the molecule is CCC(NC(=O)c1cc(S(=O)(=O)NC)ccc1F)c1ccc(C)cc1. The Labute approximate surface area is 147 Å². The number of aryl methyl sites for hydroxylation is 1. The van der Waals surface area contributed by atoms with Gasteiger partial charge in [0.1, 0.15) is 5.82 Å². The lowest BCUT2D eigenvalue weighted by Crippen LogP contribution is -2.29. The number of benzene rings is 2. The van der Waals surface area contributed by atoms with Gasteiger partial charge < -0.3 is 5.32 Å². The summed E-state index contributed by atoms with van der Waals surface area (Å²) in [5.74, 6) is -1.43. The zero-order valence-corrected chi connectivity index (χ0v) is 15.2. The molecular formula is C18H21FN2O3S. The van der Waals surface area contributed by atoms with Crippen molar-refractivity contribution in [1.29, 1.82) is 0 Å². The number of carbonyl (C=O) groups is 1. The Bertz CT molecular complexity index is 864. The molecule has 0 heterocycles. The summed E-state index contributed by atoms with van der Waals surface area (Å²) in [5.41, 5.74) is 1.70. The second kappa shape index (κ2) is 7.76. The summed E-state index contributed by atoms with van der Waals surface area (Å²) >= 11 is 0. The summed E-state index contributed by atoms with van der Waals surface area (Å²) in [7, 11) is -2.51. The highest BCUT2D eigenvalue weighted by molar-refractivity contribution is 7.89. The molecule has 0 aliphatic carbocycles. The number of nitrogens with one attached hydrogen (secondary N) is 2. The molecule has 5 nitrogen and oxygen atoms in total. The van der Waals surface area contributed by atoms with Crippen molar-refractivity contribution in [1.82, 2.24) is 10.0 Å². The average Bonchev–Trinajstić information content (AvgIpc) is 2.60. The lowest BCUT2D eigenvalue weighted by atomic mass is 10.0. The van der Waals surface area contributed by atoms with Crippen molar-refractivity contribution in [2.45, 2.75) is 31.2 Å².